The molecule has 0 saturated carbocycles. The predicted molar refractivity (Wildman–Crippen MR) is 135 cm³/mol. The highest BCUT2D eigenvalue weighted by Gasteiger charge is 2.49. The average molecular weight is 503 g/mol. The summed E-state index contributed by atoms with van der Waals surface area (Å²) in [6.07, 6.45) is 0.698. The van der Waals surface area contributed by atoms with E-state index in [1.54, 1.807) is 21.9 Å². The number of imidazole rings is 1. The Bertz CT molecular complexity index is 1510. The van der Waals surface area contributed by atoms with Crippen molar-refractivity contribution in [3.8, 4) is 0 Å². The maximum absolute atomic E-state index is 13.6. The number of halogens is 1. The van der Waals surface area contributed by atoms with Crippen molar-refractivity contribution in [1.29, 1.82) is 0 Å². The van der Waals surface area contributed by atoms with Crippen molar-refractivity contribution in [2.24, 2.45) is 5.92 Å². The van der Waals surface area contributed by atoms with E-state index in [9.17, 15) is 18.8 Å². The monoisotopic (exact) mass is 502 g/mol. The minimum atomic E-state index is -0.727. The number of amides is 3. The first-order valence-electron chi connectivity index (χ1n) is 12.4. The lowest BCUT2D eigenvalue weighted by atomic mass is 10.0. The number of benzene rings is 2. The Morgan fingerprint density at radius 2 is 1.76 bits per heavy atom. The van der Waals surface area contributed by atoms with Crippen LogP contribution in [0.1, 0.15) is 41.4 Å². The number of carbonyl (C=O) groups excluding carboxylic acids is 3. The van der Waals surface area contributed by atoms with Gasteiger partial charge in [0.25, 0.3) is 11.8 Å². The summed E-state index contributed by atoms with van der Waals surface area (Å²) in [4.78, 5) is 53.8. The van der Waals surface area contributed by atoms with Crippen LogP contribution in [0.25, 0.3) is 21.9 Å². The molecule has 2 aliphatic rings. The number of aromatic amines is 2. The average Bonchev–Trinajstić information content (AvgIpc) is 3.67. The van der Waals surface area contributed by atoms with Crippen LogP contribution in [0.5, 0.6) is 0 Å². The second kappa shape index (κ2) is 8.72. The number of piperazine rings is 1. The second-order valence-electron chi connectivity index (χ2n) is 10.2. The molecule has 0 aliphatic carbocycles. The number of fused-ring (bicyclic) bond motifs is 4. The first-order valence-corrected chi connectivity index (χ1v) is 12.4. The van der Waals surface area contributed by atoms with Gasteiger partial charge in [0.15, 0.2) is 5.82 Å². The third-order valence-electron chi connectivity index (χ3n) is 7.42. The van der Waals surface area contributed by atoms with E-state index < -0.39 is 11.9 Å². The molecule has 2 saturated heterocycles. The number of H-pyrrole nitrogens is 2. The molecule has 3 atom stereocenters. The molecule has 9 nitrogen and oxygen atoms in total. The van der Waals surface area contributed by atoms with Crippen molar-refractivity contribution >= 4 is 39.7 Å². The summed E-state index contributed by atoms with van der Waals surface area (Å²) in [7, 11) is 0. The molecule has 6 rings (SSSR count). The van der Waals surface area contributed by atoms with Crippen LogP contribution >= 0.6 is 0 Å². The molecule has 2 aromatic carbocycles. The molecular weight excluding hydrogens is 475 g/mol. The predicted octanol–water partition coefficient (Wildman–Crippen LogP) is 3.06. The Hall–Kier alpha value is -4.21. The Kier molecular flexibility index (Phi) is 5.47. The van der Waals surface area contributed by atoms with Crippen LogP contribution in [-0.4, -0.2) is 73.7 Å². The van der Waals surface area contributed by atoms with Crippen molar-refractivity contribution in [2.45, 2.75) is 38.4 Å². The Balaban J connectivity index is 1.14. The third kappa shape index (κ3) is 4.02. The third-order valence-corrected chi connectivity index (χ3v) is 7.42. The molecule has 3 amide bonds. The fourth-order valence-electron chi connectivity index (χ4n) is 5.51. The van der Waals surface area contributed by atoms with Crippen LogP contribution in [0, 0.1) is 11.7 Å². The molecule has 0 unspecified atom stereocenters. The summed E-state index contributed by atoms with van der Waals surface area (Å²) >= 11 is 0. The number of nitrogens with one attached hydrogen (secondary N) is 3. The zero-order valence-corrected chi connectivity index (χ0v) is 20.5. The molecule has 4 aromatic rings. The van der Waals surface area contributed by atoms with Gasteiger partial charge in [-0.3, -0.25) is 14.4 Å². The van der Waals surface area contributed by atoms with E-state index in [0.29, 0.717) is 36.2 Å². The smallest absolute Gasteiger partial charge is 0.290 e. The standard InChI is InChI=1S/C27H27FN6O3/c1-14(2)23(32-25(35)22-10-15-9-16(28)7-8-19(15)29-22)26(36)33-12-18-11-17(33)13-34(18)27(37)24-30-20-5-3-4-6-21(20)31-24/h3-10,14,17-18,23,29H,11-13H2,1-2H3,(H,30,31)(H,32,35)/t17-,18-,23-/m0/s1. The SMILES string of the molecule is CC(C)[C@H](NC(=O)c1cc2cc(F)ccc2[nH]1)C(=O)N1C[C@@H]2C[C@H]1CN2C(=O)c1nc2ccccc2[nH]1. The molecule has 10 heteroatoms. The van der Waals surface area contributed by atoms with E-state index in [0.717, 1.165) is 11.0 Å². The lowest BCUT2D eigenvalue weighted by Crippen LogP contribution is -2.57. The van der Waals surface area contributed by atoms with Gasteiger partial charge in [0.2, 0.25) is 5.91 Å². The van der Waals surface area contributed by atoms with Gasteiger partial charge in [-0.1, -0.05) is 26.0 Å². The maximum Gasteiger partial charge on any atom is 0.290 e. The summed E-state index contributed by atoms with van der Waals surface area (Å²) in [6, 6.07) is 12.4. The van der Waals surface area contributed by atoms with Crippen molar-refractivity contribution in [3.63, 3.8) is 0 Å². The number of carbonyl (C=O) groups is 3. The molecule has 2 aliphatic heterocycles. The quantitative estimate of drug-likeness (QED) is 0.389. The lowest BCUT2D eigenvalue weighted by Gasteiger charge is -2.36. The highest BCUT2D eigenvalue weighted by molar-refractivity contribution is 6.00. The Labute approximate surface area is 212 Å². The van der Waals surface area contributed by atoms with Gasteiger partial charge in [0.05, 0.1) is 23.1 Å². The molecular formula is C27H27FN6O3. The molecule has 2 fully saturated rings. The summed E-state index contributed by atoms with van der Waals surface area (Å²) in [5, 5.41) is 3.46. The number of aromatic nitrogens is 3. The van der Waals surface area contributed by atoms with Crippen LogP contribution in [-0.2, 0) is 4.79 Å². The highest BCUT2D eigenvalue weighted by atomic mass is 19.1. The van der Waals surface area contributed by atoms with E-state index in [-0.39, 0.29) is 41.3 Å². The number of likely N-dealkylation sites (tertiary alicyclic amines) is 2. The van der Waals surface area contributed by atoms with E-state index in [2.05, 4.69) is 20.3 Å². The van der Waals surface area contributed by atoms with Gasteiger partial charge < -0.3 is 25.1 Å². The summed E-state index contributed by atoms with van der Waals surface area (Å²) in [5.74, 6) is -0.975. The summed E-state index contributed by atoms with van der Waals surface area (Å²) in [5.41, 5.74) is 2.46. The first-order chi connectivity index (χ1) is 17.8. The van der Waals surface area contributed by atoms with Crippen molar-refractivity contribution < 1.29 is 18.8 Å². The van der Waals surface area contributed by atoms with Crippen LogP contribution in [0.4, 0.5) is 4.39 Å². The van der Waals surface area contributed by atoms with E-state index >= 15 is 0 Å². The molecule has 37 heavy (non-hydrogen) atoms. The molecule has 2 aromatic heterocycles. The maximum atomic E-state index is 13.6. The summed E-state index contributed by atoms with van der Waals surface area (Å²) in [6.45, 7) is 4.61. The lowest BCUT2D eigenvalue weighted by molar-refractivity contribution is -0.136. The Morgan fingerprint density at radius 3 is 2.49 bits per heavy atom. The zero-order valence-electron chi connectivity index (χ0n) is 20.5. The van der Waals surface area contributed by atoms with Crippen molar-refractivity contribution in [3.05, 3.63) is 65.9 Å². The van der Waals surface area contributed by atoms with Gasteiger partial charge in [-0.25, -0.2) is 9.37 Å². The number of rotatable bonds is 5. The fraction of sp³-hybridized carbons (Fsp3) is 0.333. The van der Waals surface area contributed by atoms with Gasteiger partial charge in [-0.2, -0.15) is 0 Å². The minimum Gasteiger partial charge on any atom is -0.351 e. The topological polar surface area (TPSA) is 114 Å². The fourth-order valence-corrected chi connectivity index (χ4v) is 5.51. The zero-order chi connectivity index (χ0) is 25.8. The van der Waals surface area contributed by atoms with E-state index in [1.807, 2.05) is 38.1 Å². The van der Waals surface area contributed by atoms with Gasteiger partial charge in [-0.15, -0.1) is 0 Å². The molecule has 3 N–H and O–H groups in total. The van der Waals surface area contributed by atoms with Crippen molar-refractivity contribution in [2.75, 3.05) is 13.1 Å². The van der Waals surface area contributed by atoms with E-state index in [1.165, 1.54) is 12.1 Å². The largest absolute Gasteiger partial charge is 0.351 e. The van der Waals surface area contributed by atoms with Crippen LogP contribution < -0.4 is 5.32 Å². The van der Waals surface area contributed by atoms with Crippen LogP contribution in [0.15, 0.2) is 48.5 Å². The molecule has 0 radical (unpaired) electrons. The Morgan fingerprint density at radius 1 is 1.00 bits per heavy atom. The summed E-state index contributed by atoms with van der Waals surface area (Å²) < 4.78 is 13.5. The number of hydrogen-bond donors (Lipinski definition) is 3. The molecule has 0 spiro atoms. The first kappa shape index (κ1) is 23.2. The molecule has 190 valence electrons. The van der Waals surface area contributed by atoms with Crippen LogP contribution in [0.2, 0.25) is 0 Å². The molecule has 2 bridgehead atoms. The van der Waals surface area contributed by atoms with E-state index in [4.69, 9.17) is 0 Å². The van der Waals surface area contributed by atoms with Crippen molar-refractivity contribution in [1.82, 2.24) is 30.1 Å². The minimum absolute atomic E-state index is 0.0956. The normalized spacial score (nSPS) is 19.8. The van der Waals surface area contributed by atoms with Gasteiger partial charge >= 0.3 is 0 Å². The van der Waals surface area contributed by atoms with Gasteiger partial charge in [0.1, 0.15) is 17.6 Å². The number of para-hydroxylation sites is 2. The second-order valence-corrected chi connectivity index (χ2v) is 10.2. The number of nitrogens with zero attached hydrogens (tertiary/aromatic N) is 3. The van der Waals surface area contributed by atoms with Gasteiger partial charge in [-0.05, 0) is 48.7 Å². The van der Waals surface area contributed by atoms with Gasteiger partial charge in [0, 0.05) is 24.0 Å². The highest BCUT2D eigenvalue weighted by Crippen LogP contribution is 2.33. The number of hydrogen-bond acceptors (Lipinski definition) is 4. The van der Waals surface area contributed by atoms with Crippen LogP contribution in [0.3, 0.4) is 0 Å². The molecule has 4 heterocycles.